The van der Waals surface area contributed by atoms with Crippen molar-refractivity contribution in [2.24, 2.45) is 0 Å². The summed E-state index contributed by atoms with van der Waals surface area (Å²) in [5.41, 5.74) is 2.64. The Balaban J connectivity index is 1.42. The van der Waals surface area contributed by atoms with Gasteiger partial charge in [-0.2, -0.15) is 0 Å². The van der Waals surface area contributed by atoms with Crippen molar-refractivity contribution in [1.82, 2.24) is 25.3 Å². The fourth-order valence-corrected chi connectivity index (χ4v) is 4.30. The highest BCUT2D eigenvalue weighted by atomic mass is 32.1. The molecular weight excluding hydrogens is 372 g/mol. The number of carbonyl (C=O) groups excluding carboxylic acids is 1. The van der Waals surface area contributed by atoms with Crippen molar-refractivity contribution in [3.63, 3.8) is 0 Å². The third-order valence-electron chi connectivity index (χ3n) is 4.84. The molecule has 0 radical (unpaired) electrons. The molecule has 0 saturated carbocycles. The lowest BCUT2D eigenvalue weighted by molar-refractivity contribution is 0.0943. The Morgan fingerprint density at radius 3 is 2.93 bits per heavy atom. The number of hydrogen-bond acceptors (Lipinski definition) is 6. The highest BCUT2D eigenvalue weighted by Crippen LogP contribution is 2.25. The quantitative estimate of drug-likeness (QED) is 0.690. The minimum Gasteiger partial charge on any atom is -0.360 e. The molecule has 1 amide bonds. The zero-order valence-corrected chi connectivity index (χ0v) is 17.1. The molecule has 1 fully saturated rings. The molecule has 1 unspecified atom stereocenters. The van der Waals surface area contributed by atoms with Crippen LogP contribution in [0.4, 0.5) is 5.95 Å². The predicted octanol–water partition coefficient (Wildman–Crippen LogP) is 3.37. The molecule has 0 spiro atoms. The average Bonchev–Trinajstić information content (AvgIpc) is 3.42. The highest BCUT2D eigenvalue weighted by Gasteiger charge is 2.27. The predicted molar refractivity (Wildman–Crippen MR) is 111 cm³/mol. The number of rotatable bonds is 5. The topological polar surface area (TPSA) is 86.8 Å². The molecule has 2 N–H and O–H groups in total. The van der Waals surface area contributed by atoms with E-state index in [9.17, 15) is 4.79 Å². The number of nitrogens with zero attached hydrogens (tertiary/aromatic N) is 4. The summed E-state index contributed by atoms with van der Waals surface area (Å²) < 4.78 is 0. The number of nitrogens with one attached hydrogen (secondary N) is 2. The number of anilines is 1. The first-order chi connectivity index (χ1) is 13.5. The van der Waals surface area contributed by atoms with Gasteiger partial charge in [-0.05, 0) is 31.5 Å². The van der Waals surface area contributed by atoms with E-state index in [1.54, 1.807) is 6.20 Å². The van der Waals surface area contributed by atoms with Gasteiger partial charge in [0.15, 0.2) is 0 Å². The third-order valence-corrected chi connectivity index (χ3v) is 6.29. The lowest BCUT2D eigenvalue weighted by Gasteiger charge is -2.17. The molecule has 0 aromatic carbocycles. The second-order valence-electron chi connectivity index (χ2n) is 7.35. The minimum absolute atomic E-state index is 0.0326. The lowest BCUT2D eigenvalue weighted by Crippen LogP contribution is -2.37. The summed E-state index contributed by atoms with van der Waals surface area (Å²) in [7, 11) is 0. The van der Waals surface area contributed by atoms with E-state index in [-0.39, 0.29) is 11.9 Å². The highest BCUT2D eigenvalue weighted by molar-refractivity contribution is 7.13. The minimum atomic E-state index is -0.0326. The van der Waals surface area contributed by atoms with Gasteiger partial charge < -0.3 is 15.2 Å². The molecule has 7 nitrogen and oxygen atoms in total. The Kier molecular flexibility index (Phi) is 5.13. The van der Waals surface area contributed by atoms with Gasteiger partial charge in [0.05, 0.1) is 22.1 Å². The Morgan fingerprint density at radius 1 is 1.36 bits per heavy atom. The summed E-state index contributed by atoms with van der Waals surface area (Å²) in [5.74, 6) is 0.992. The molecule has 28 heavy (non-hydrogen) atoms. The number of hydrogen-bond donors (Lipinski definition) is 2. The number of thiazole rings is 1. The molecule has 4 rings (SSSR count). The fourth-order valence-electron chi connectivity index (χ4n) is 3.33. The maximum atomic E-state index is 12.7. The molecule has 1 saturated heterocycles. The Labute approximate surface area is 168 Å². The van der Waals surface area contributed by atoms with Gasteiger partial charge in [0.25, 0.3) is 5.91 Å². The van der Waals surface area contributed by atoms with Crippen LogP contribution >= 0.6 is 11.3 Å². The SMILES string of the molecule is Cc1nc(C(C)C)sc1C(=O)NC1CCN(c2nccc(-c3ccc[nH]3)n2)C1. The van der Waals surface area contributed by atoms with Gasteiger partial charge in [-0.25, -0.2) is 15.0 Å². The molecule has 1 aliphatic rings. The van der Waals surface area contributed by atoms with E-state index < -0.39 is 0 Å². The second-order valence-corrected chi connectivity index (χ2v) is 8.38. The van der Waals surface area contributed by atoms with E-state index in [2.05, 4.69) is 44.0 Å². The summed E-state index contributed by atoms with van der Waals surface area (Å²) in [6, 6.07) is 5.91. The van der Waals surface area contributed by atoms with Gasteiger partial charge >= 0.3 is 0 Å². The monoisotopic (exact) mass is 396 g/mol. The van der Waals surface area contributed by atoms with Crippen molar-refractivity contribution >= 4 is 23.2 Å². The first-order valence-corrected chi connectivity index (χ1v) is 10.3. The van der Waals surface area contributed by atoms with Crippen molar-refractivity contribution < 1.29 is 4.79 Å². The number of aromatic amines is 1. The summed E-state index contributed by atoms with van der Waals surface area (Å²) in [4.78, 5) is 32.3. The van der Waals surface area contributed by atoms with Crippen LogP contribution in [0.25, 0.3) is 11.4 Å². The summed E-state index contributed by atoms with van der Waals surface area (Å²) in [5, 5.41) is 4.16. The lowest BCUT2D eigenvalue weighted by atomic mass is 10.2. The van der Waals surface area contributed by atoms with Gasteiger partial charge in [0.1, 0.15) is 4.88 Å². The van der Waals surface area contributed by atoms with Crippen LogP contribution in [0, 0.1) is 6.92 Å². The largest absolute Gasteiger partial charge is 0.360 e. The van der Waals surface area contributed by atoms with Crippen molar-refractivity contribution in [3.8, 4) is 11.4 Å². The van der Waals surface area contributed by atoms with E-state index in [0.29, 0.717) is 23.3 Å². The van der Waals surface area contributed by atoms with E-state index in [4.69, 9.17) is 0 Å². The molecule has 146 valence electrons. The molecule has 8 heteroatoms. The van der Waals surface area contributed by atoms with Crippen LogP contribution in [0.3, 0.4) is 0 Å². The van der Waals surface area contributed by atoms with Gasteiger partial charge in [-0.1, -0.05) is 13.8 Å². The van der Waals surface area contributed by atoms with Crippen LogP contribution in [0.5, 0.6) is 0 Å². The molecule has 3 aromatic heterocycles. The van der Waals surface area contributed by atoms with Crippen molar-refractivity contribution in [2.75, 3.05) is 18.0 Å². The zero-order valence-electron chi connectivity index (χ0n) is 16.3. The number of aromatic nitrogens is 4. The number of aryl methyl sites for hydroxylation is 1. The van der Waals surface area contributed by atoms with E-state index in [1.807, 2.05) is 31.3 Å². The fraction of sp³-hybridized carbons (Fsp3) is 0.400. The van der Waals surface area contributed by atoms with Crippen LogP contribution in [0.2, 0.25) is 0 Å². The summed E-state index contributed by atoms with van der Waals surface area (Å²) >= 11 is 1.49. The van der Waals surface area contributed by atoms with Crippen LogP contribution in [-0.2, 0) is 0 Å². The van der Waals surface area contributed by atoms with Crippen LogP contribution in [0.1, 0.15) is 46.6 Å². The van der Waals surface area contributed by atoms with Crippen LogP contribution < -0.4 is 10.2 Å². The smallest absolute Gasteiger partial charge is 0.263 e. The summed E-state index contributed by atoms with van der Waals surface area (Å²) in [6.07, 6.45) is 4.53. The molecular formula is C20H24N6OS. The Bertz CT molecular complexity index is 965. The normalized spacial score (nSPS) is 16.7. The molecule has 0 bridgehead atoms. The van der Waals surface area contributed by atoms with Crippen LogP contribution in [-0.4, -0.2) is 45.0 Å². The van der Waals surface area contributed by atoms with Crippen molar-refractivity contribution in [3.05, 3.63) is 46.2 Å². The summed E-state index contributed by atoms with van der Waals surface area (Å²) in [6.45, 7) is 7.61. The molecule has 1 atom stereocenters. The maximum Gasteiger partial charge on any atom is 0.263 e. The van der Waals surface area contributed by atoms with Gasteiger partial charge in [-0.15, -0.1) is 11.3 Å². The zero-order chi connectivity index (χ0) is 19.7. The van der Waals surface area contributed by atoms with E-state index in [0.717, 1.165) is 35.1 Å². The number of carbonyl (C=O) groups is 1. The molecule has 3 aromatic rings. The average molecular weight is 397 g/mol. The number of H-pyrrole nitrogens is 1. The number of amides is 1. The van der Waals surface area contributed by atoms with Crippen molar-refractivity contribution in [2.45, 2.75) is 39.2 Å². The van der Waals surface area contributed by atoms with Gasteiger partial charge in [-0.3, -0.25) is 4.79 Å². The molecule has 0 aliphatic carbocycles. The first kappa shape index (κ1) is 18.6. The van der Waals surface area contributed by atoms with Crippen LogP contribution in [0.15, 0.2) is 30.6 Å². The molecule has 1 aliphatic heterocycles. The van der Waals surface area contributed by atoms with Gasteiger partial charge in [0.2, 0.25) is 5.95 Å². The first-order valence-electron chi connectivity index (χ1n) is 9.51. The van der Waals surface area contributed by atoms with Crippen molar-refractivity contribution in [1.29, 1.82) is 0 Å². The Hall–Kier alpha value is -2.74. The standard InChI is InChI=1S/C20H24N6OS/c1-12(2)19-23-13(3)17(28-19)18(27)24-14-7-10-26(11-14)20-22-9-6-16(25-20)15-5-4-8-21-15/h4-6,8-9,12,14,21H,7,10-11H2,1-3H3,(H,24,27). The third kappa shape index (κ3) is 3.77. The van der Waals surface area contributed by atoms with E-state index in [1.165, 1.54) is 11.3 Å². The Morgan fingerprint density at radius 2 is 2.21 bits per heavy atom. The maximum absolute atomic E-state index is 12.7. The van der Waals surface area contributed by atoms with Gasteiger partial charge in [0, 0.05) is 37.4 Å². The second kappa shape index (κ2) is 7.71. The van der Waals surface area contributed by atoms with E-state index >= 15 is 0 Å². The molecule has 4 heterocycles.